The molecule has 2 nitrogen and oxygen atoms in total. The summed E-state index contributed by atoms with van der Waals surface area (Å²) < 4.78 is 5.47. The van der Waals surface area contributed by atoms with Gasteiger partial charge in [-0.15, -0.1) is 0 Å². The minimum Gasteiger partial charge on any atom is -0.490 e. The topological polar surface area (TPSA) is 21.3 Å². The molecule has 1 aromatic rings. The predicted octanol–water partition coefficient (Wildman–Crippen LogP) is 2.72. The van der Waals surface area contributed by atoms with Gasteiger partial charge in [0, 0.05) is 0 Å². The highest BCUT2D eigenvalue weighted by molar-refractivity contribution is 5.29. The molecule has 2 rings (SSSR count). The van der Waals surface area contributed by atoms with Gasteiger partial charge in [0.25, 0.3) is 0 Å². The third-order valence-electron chi connectivity index (χ3n) is 3.06. The smallest absolute Gasteiger partial charge is 0.119 e. The zero-order chi connectivity index (χ0) is 11.2. The van der Waals surface area contributed by atoms with E-state index in [1.807, 2.05) is 0 Å². The van der Waals surface area contributed by atoms with Gasteiger partial charge >= 0.3 is 0 Å². The first-order chi connectivity index (χ1) is 7.90. The molecule has 86 valence electrons. The van der Waals surface area contributed by atoms with Crippen LogP contribution in [0.1, 0.15) is 24.3 Å². The molecule has 0 unspecified atom stereocenters. The van der Waals surface area contributed by atoms with Crippen LogP contribution in [-0.2, 0) is 0 Å². The molecule has 0 radical (unpaired) electrons. The van der Waals surface area contributed by atoms with E-state index in [1.165, 1.54) is 18.4 Å². The second-order valence-corrected chi connectivity index (χ2v) is 4.19. The summed E-state index contributed by atoms with van der Waals surface area (Å²) in [4.78, 5) is 0. The van der Waals surface area contributed by atoms with Gasteiger partial charge in [0.2, 0.25) is 0 Å². The maximum atomic E-state index is 5.47. The Bertz CT molecular complexity index is 325. The second kappa shape index (κ2) is 5.71. The van der Waals surface area contributed by atoms with Gasteiger partial charge in [0.1, 0.15) is 12.4 Å². The molecule has 0 atom stereocenters. The van der Waals surface area contributed by atoms with Gasteiger partial charge in [-0.25, -0.2) is 0 Å². The number of benzene rings is 1. The summed E-state index contributed by atoms with van der Waals surface area (Å²) in [6, 6.07) is 8.49. The molecule has 0 aromatic heterocycles. The summed E-state index contributed by atoms with van der Waals surface area (Å²) in [7, 11) is 0. The first-order valence-electron chi connectivity index (χ1n) is 5.94. The van der Waals surface area contributed by atoms with E-state index in [2.05, 4.69) is 36.2 Å². The lowest BCUT2D eigenvalue weighted by atomic mass is 9.90. The van der Waals surface area contributed by atoms with Crippen molar-refractivity contribution in [2.24, 2.45) is 0 Å². The fourth-order valence-corrected chi connectivity index (χ4v) is 2.15. The van der Waals surface area contributed by atoms with Crippen LogP contribution in [0, 0.1) is 0 Å². The Morgan fingerprint density at radius 2 is 1.94 bits per heavy atom. The first-order valence-corrected chi connectivity index (χ1v) is 5.94. The average Bonchev–Trinajstić information content (AvgIpc) is 2.38. The van der Waals surface area contributed by atoms with Gasteiger partial charge in [-0.05, 0) is 49.5 Å². The normalized spacial score (nSPS) is 17.0. The fourth-order valence-electron chi connectivity index (χ4n) is 2.15. The van der Waals surface area contributed by atoms with Crippen molar-refractivity contribution in [1.29, 1.82) is 0 Å². The summed E-state index contributed by atoms with van der Waals surface area (Å²) in [5.74, 6) is 1.65. The summed E-state index contributed by atoms with van der Waals surface area (Å²) >= 11 is 0. The number of ether oxygens (including phenoxy) is 1. The predicted molar refractivity (Wildman–Crippen MR) is 67.0 cm³/mol. The molecule has 0 aliphatic carbocycles. The standard InChI is InChI=1S/C14H19NO/c1-2-11-16-14-5-3-12(4-6-14)13-7-9-15-10-8-13/h2-6,13,15H,1,7-11H2. The average molecular weight is 217 g/mol. The van der Waals surface area contributed by atoms with Crippen LogP contribution in [-0.4, -0.2) is 19.7 Å². The molecule has 2 heteroatoms. The van der Waals surface area contributed by atoms with Crippen molar-refractivity contribution in [3.8, 4) is 5.75 Å². The van der Waals surface area contributed by atoms with Crippen molar-refractivity contribution in [3.63, 3.8) is 0 Å². The number of nitrogens with one attached hydrogen (secondary N) is 1. The molecule has 1 fully saturated rings. The van der Waals surface area contributed by atoms with Gasteiger partial charge < -0.3 is 10.1 Å². The van der Waals surface area contributed by atoms with Gasteiger partial charge in [-0.1, -0.05) is 24.8 Å². The van der Waals surface area contributed by atoms with E-state index < -0.39 is 0 Å². The van der Waals surface area contributed by atoms with Crippen molar-refractivity contribution in [3.05, 3.63) is 42.5 Å². The Kier molecular flexibility index (Phi) is 4.00. The van der Waals surface area contributed by atoms with E-state index in [0.29, 0.717) is 6.61 Å². The molecule has 0 saturated carbocycles. The first kappa shape index (κ1) is 11.2. The number of hydrogen-bond donors (Lipinski definition) is 1. The molecule has 1 aliphatic rings. The lowest BCUT2D eigenvalue weighted by Crippen LogP contribution is -2.26. The van der Waals surface area contributed by atoms with E-state index in [9.17, 15) is 0 Å². The van der Waals surface area contributed by atoms with Crippen molar-refractivity contribution >= 4 is 0 Å². The van der Waals surface area contributed by atoms with Crippen molar-refractivity contribution < 1.29 is 4.74 Å². The van der Waals surface area contributed by atoms with Crippen molar-refractivity contribution in [2.75, 3.05) is 19.7 Å². The Morgan fingerprint density at radius 1 is 1.25 bits per heavy atom. The van der Waals surface area contributed by atoms with E-state index in [1.54, 1.807) is 6.08 Å². The Morgan fingerprint density at radius 3 is 2.56 bits per heavy atom. The van der Waals surface area contributed by atoms with E-state index in [4.69, 9.17) is 4.74 Å². The fraction of sp³-hybridized carbons (Fsp3) is 0.429. The lowest BCUT2D eigenvalue weighted by molar-refractivity contribution is 0.363. The summed E-state index contributed by atoms with van der Waals surface area (Å²) in [5, 5.41) is 3.39. The largest absolute Gasteiger partial charge is 0.490 e. The van der Waals surface area contributed by atoms with Crippen LogP contribution in [0.2, 0.25) is 0 Å². The molecule has 1 heterocycles. The Hall–Kier alpha value is -1.28. The molecule has 0 amide bonds. The van der Waals surface area contributed by atoms with Crippen LogP contribution in [0.3, 0.4) is 0 Å². The van der Waals surface area contributed by atoms with Gasteiger partial charge in [-0.2, -0.15) is 0 Å². The second-order valence-electron chi connectivity index (χ2n) is 4.19. The number of hydrogen-bond acceptors (Lipinski definition) is 2. The molecule has 1 aromatic carbocycles. The van der Waals surface area contributed by atoms with Gasteiger partial charge in [0.15, 0.2) is 0 Å². The highest BCUT2D eigenvalue weighted by atomic mass is 16.5. The van der Waals surface area contributed by atoms with E-state index in [0.717, 1.165) is 24.8 Å². The van der Waals surface area contributed by atoms with Crippen molar-refractivity contribution in [2.45, 2.75) is 18.8 Å². The molecule has 1 aliphatic heterocycles. The molecular weight excluding hydrogens is 198 g/mol. The molecular formula is C14H19NO. The quantitative estimate of drug-likeness (QED) is 0.783. The van der Waals surface area contributed by atoms with Crippen LogP contribution in [0.25, 0.3) is 0 Å². The summed E-state index contributed by atoms with van der Waals surface area (Å²) in [5.41, 5.74) is 1.44. The van der Waals surface area contributed by atoms with Crippen molar-refractivity contribution in [1.82, 2.24) is 5.32 Å². The highest BCUT2D eigenvalue weighted by Crippen LogP contribution is 2.26. The van der Waals surface area contributed by atoms with Crippen LogP contribution >= 0.6 is 0 Å². The molecule has 1 saturated heterocycles. The highest BCUT2D eigenvalue weighted by Gasteiger charge is 2.14. The van der Waals surface area contributed by atoms with E-state index in [-0.39, 0.29) is 0 Å². The van der Waals surface area contributed by atoms with Crippen LogP contribution in [0.15, 0.2) is 36.9 Å². The van der Waals surface area contributed by atoms with Crippen LogP contribution < -0.4 is 10.1 Å². The third-order valence-corrected chi connectivity index (χ3v) is 3.06. The third kappa shape index (κ3) is 2.86. The molecule has 1 N–H and O–H groups in total. The maximum Gasteiger partial charge on any atom is 0.119 e. The lowest BCUT2D eigenvalue weighted by Gasteiger charge is -2.23. The Labute approximate surface area is 97.3 Å². The molecule has 0 spiro atoms. The van der Waals surface area contributed by atoms with Gasteiger partial charge in [0.05, 0.1) is 0 Å². The van der Waals surface area contributed by atoms with Crippen LogP contribution in [0.4, 0.5) is 0 Å². The summed E-state index contributed by atoms with van der Waals surface area (Å²) in [6.45, 7) is 6.49. The van der Waals surface area contributed by atoms with Gasteiger partial charge in [-0.3, -0.25) is 0 Å². The molecule has 16 heavy (non-hydrogen) atoms. The SMILES string of the molecule is C=CCOc1ccc(C2CCNCC2)cc1. The zero-order valence-corrected chi connectivity index (χ0v) is 9.61. The molecule has 0 bridgehead atoms. The minimum absolute atomic E-state index is 0.576. The number of rotatable bonds is 4. The minimum atomic E-state index is 0.576. The maximum absolute atomic E-state index is 5.47. The monoisotopic (exact) mass is 217 g/mol. The zero-order valence-electron chi connectivity index (χ0n) is 9.61. The Balaban J connectivity index is 1.97. The summed E-state index contributed by atoms with van der Waals surface area (Å²) in [6.07, 6.45) is 4.25. The van der Waals surface area contributed by atoms with E-state index >= 15 is 0 Å². The number of piperidine rings is 1. The van der Waals surface area contributed by atoms with Crippen LogP contribution in [0.5, 0.6) is 5.75 Å².